The molecular formula is C22H24ClN3O3. The topological polar surface area (TPSA) is 65.4 Å². The number of rotatable bonds is 8. The van der Waals surface area contributed by atoms with Crippen LogP contribution in [0.2, 0.25) is 5.02 Å². The van der Waals surface area contributed by atoms with Gasteiger partial charge < -0.3 is 14.8 Å². The van der Waals surface area contributed by atoms with Gasteiger partial charge in [-0.1, -0.05) is 11.6 Å². The summed E-state index contributed by atoms with van der Waals surface area (Å²) >= 11 is 5.96. The zero-order valence-electron chi connectivity index (χ0n) is 16.7. The summed E-state index contributed by atoms with van der Waals surface area (Å²) in [4.78, 5) is 12.4. The zero-order valence-corrected chi connectivity index (χ0v) is 17.5. The summed E-state index contributed by atoms with van der Waals surface area (Å²) in [6.07, 6.45) is 0.272. The first-order chi connectivity index (χ1) is 14.0. The van der Waals surface area contributed by atoms with Crippen molar-refractivity contribution < 1.29 is 14.3 Å². The van der Waals surface area contributed by atoms with Gasteiger partial charge in [0.25, 0.3) is 0 Å². The van der Waals surface area contributed by atoms with Gasteiger partial charge in [-0.2, -0.15) is 5.10 Å². The lowest BCUT2D eigenvalue weighted by atomic mass is 10.1. The molecule has 2 aromatic carbocycles. The third kappa shape index (κ3) is 5.29. The number of aromatic nitrogens is 2. The van der Waals surface area contributed by atoms with E-state index in [0.717, 1.165) is 34.1 Å². The maximum absolute atomic E-state index is 12.4. The number of ether oxygens (including phenoxy) is 2. The molecule has 0 fully saturated rings. The van der Waals surface area contributed by atoms with Crippen LogP contribution in [0.15, 0.2) is 48.5 Å². The highest BCUT2D eigenvalue weighted by molar-refractivity contribution is 6.30. The van der Waals surface area contributed by atoms with Gasteiger partial charge in [0.1, 0.15) is 18.1 Å². The van der Waals surface area contributed by atoms with Crippen LogP contribution in [-0.4, -0.2) is 35.9 Å². The number of carbonyl (C=O) groups is 1. The SMILES string of the molecule is COc1ccc(OCCNC(=O)Cc2c(C)nn(-c3ccc(Cl)cc3)c2C)cc1. The fourth-order valence-corrected chi connectivity index (χ4v) is 3.14. The van der Waals surface area contributed by atoms with Crippen LogP contribution in [0.4, 0.5) is 0 Å². The highest BCUT2D eigenvalue weighted by Crippen LogP contribution is 2.20. The van der Waals surface area contributed by atoms with Gasteiger partial charge in [-0.25, -0.2) is 4.68 Å². The van der Waals surface area contributed by atoms with Gasteiger partial charge in [0, 0.05) is 16.3 Å². The Balaban J connectivity index is 1.53. The maximum Gasteiger partial charge on any atom is 0.224 e. The Morgan fingerprint density at radius 2 is 1.72 bits per heavy atom. The molecule has 152 valence electrons. The highest BCUT2D eigenvalue weighted by atomic mass is 35.5. The zero-order chi connectivity index (χ0) is 20.8. The second kappa shape index (κ2) is 9.47. The minimum atomic E-state index is -0.0646. The molecule has 29 heavy (non-hydrogen) atoms. The van der Waals surface area contributed by atoms with Crippen molar-refractivity contribution in [3.63, 3.8) is 0 Å². The first-order valence-corrected chi connectivity index (χ1v) is 9.70. The van der Waals surface area contributed by atoms with Crippen molar-refractivity contribution in [3.05, 3.63) is 70.5 Å². The maximum atomic E-state index is 12.4. The Hall–Kier alpha value is -2.99. The van der Waals surface area contributed by atoms with Gasteiger partial charge in [-0.3, -0.25) is 4.79 Å². The number of amides is 1. The normalized spacial score (nSPS) is 10.6. The molecule has 3 aromatic rings. The standard InChI is InChI=1S/C22H24ClN3O3/c1-15-21(16(2)26(25-15)18-6-4-17(23)5-7-18)14-22(27)24-12-13-29-20-10-8-19(28-3)9-11-20/h4-11H,12-14H2,1-3H3,(H,24,27). The Morgan fingerprint density at radius 1 is 1.07 bits per heavy atom. The molecule has 0 aliphatic rings. The minimum absolute atomic E-state index is 0.0646. The number of carbonyl (C=O) groups excluding carboxylic acids is 1. The molecule has 1 N–H and O–H groups in total. The average Bonchev–Trinajstić information content (AvgIpc) is 3.00. The number of hydrogen-bond donors (Lipinski definition) is 1. The molecule has 0 unspecified atom stereocenters. The van der Waals surface area contributed by atoms with E-state index >= 15 is 0 Å². The van der Waals surface area contributed by atoms with Gasteiger partial charge in [-0.05, 0) is 62.4 Å². The van der Waals surface area contributed by atoms with Gasteiger partial charge in [0.05, 0.1) is 31.5 Å². The fraction of sp³-hybridized carbons (Fsp3) is 0.273. The Labute approximate surface area is 175 Å². The molecule has 0 radical (unpaired) electrons. The third-order valence-electron chi connectivity index (χ3n) is 4.60. The molecule has 0 aliphatic carbocycles. The van der Waals surface area contributed by atoms with Crippen molar-refractivity contribution >= 4 is 17.5 Å². The molecule has 0 saturated heterocycles. The lowest BCUT2D eigenvalue weighted by Crippen LogP contribution is -2.29. The van der Waals surface area contributed by atoms with Crippen LogP contribution in [0.3, 0.4) is 0 Å². The Kier molecular flexibility index (Phi) is 6.77. The van der Waals surface area contributed by atoms with E-state index in [9.17, 15) is 4.79 Å². The van der Waals surface area contributed by atoms with E-state index in [1.54, 1.807) is 7.11 Å². The molecule has 0 spiro atoms. The van der Waals surface area contributed by atoms with E-state index in [1.807, 2.05) is 67.1 Å². The predicted molar refractivity (Wildman–Crippen MR) is 113 cm³/mol. The molecule has 6 nitrogen and oxygen atoms in total. The van der Waals surface area contributed by atoms with Gasteiger partial charge >= 0.3 is 0 Å². The van der Waals surface area contributed by atoms with E-state index in [-0.39, 0.29) is 12.3 Å². The van der Waals surface area contributed by atoms with Crippen LogP contribution in [0.5, 0.6) is 11.5 Å². The van der Waals surface area contributed by atoms with E-state index in [2.05, 4.69) is 10.4 Å². The second-order valence-corrected chi connectivity index (χ2v) is 7.02. The third-order valence-corrected chi connectivity index (χ3v) is 4.85. The highest BCUT2D eigenvalue weighted by Gasteiger charge is 2.15. The fourth-order valence-electron chi connectivity index (χ4n) is 3.02. The first-order valence-electron chi connectivity index (χ1n) is 9.32. The molecule has 1 amide bonds. The lowest BCUT2D eigenvalue weighted by molar-refractivity contribution is -0.120. The molecule has 0 aliphatic heterocycles. The summed E-state index contributed by atoms with van der Waals surface area (Å²) in [7, 11) is 1.62. The van der Waals surface area contributed by atoms with Crippen LogP contribution in [0.25, 0.3) is 5.69 Å². The smallest absolute Gasteiger partial charge is 0.224 e. The van der Waals surface area contributed by atoms with E-state index in [1.165, 1.54) is 0 Å². The number of nitrogens with one attached hydrogen (secondary N) is 1. The van der Waals surface area contributed by atoms with Crippen molar-refractivity contribution in [2.24, 2.45) is 0 Å². The number of halogens is 1. The van der Waals surface area contributed by atoms with Crippen LogP contribution in [0.1, 0.15) is 17.0 Å². The average molecular weight is 414 g/mol. The van der Waals surface area contributed by atoms with Crippen LogP contribution in [0, 0.1) is 13.8 Å². The lowest BCUT2D eigenvalue weighted by Gasteiger charge is -2.09. The summed E-state index contributed by atoms with van der Waals surface area (Å²) in [6.45, 7) is 4.69. The van der Waals surface area contributed by atoms with Crippen molar-refractivity contribution in [2.45, 2.75) is 20.3 Å². The van der Waals surface area contributed by atoms with Crippen molar-refractivity contribution in [2.75, 3.05) is 20.3 Å². The molecule has 0 saturated carbocycles. The van der Waals surface area contributed by atoms with Crippen LogP contribution in [-0.2, 0) is 11.2 Å². The summed E-state index contributed by atoms with van der Waals surface area (Å²) in [5.41, 5.74) is 3.61. The number of aryl methyl sites for hydroxylation is 1. The number of benzene rings is 2. The predicted octanol–water partition coefficient (Wildman–Crippen LogP) is 3.89. The Bertz CT molecular complexity index is 966. The van der Waals surface area contributed by atoms with E-state index in [0.29, 0.717) is 18.2 Å². The largest absolute Gasteiger partial charge is 0.497 e. The van der Waals surface area contributed by atoms with Gasteiger partial charge in [-0.15, -0.1) is 0 Å². The number of methoxy groups -OCH3 is 1. The molecule has 7 heteroatoms. The van der Waals surface area contributed by atoms with Gasteiger partial charge in [0.2, 0.25) is 5.91 Å². The van der Waals surface area contributed by atoms with E-state index < -0.39 is 0 Å². The summed E-state index contributed by atoms with van der Waals surface area (Å²) < 4.78 is 12.6. The summed E-state index contributed by atoms with van der Waals surface area (Å²) in [6, 6.07) is 14.8. The van der Waals surface area contributed by atoms with Crippen molar-refractivity contribution in [1.82, 2.24) is 15.1 Å². The Morgan fingerprint density at radius 3 is 2.38 bits per heavy atom. The molecule has 1 heterocycles. The van der Waals surface area contributed by atoms with Crippen LogP contribution < -0.4 is 14.8 Å². The first kappa shape index (κ1) is 20.7. The minimum Gasteiger partial charge on any atom is -0.497 e. The molecule has 0 bridgehead atoms. The molecule has 3 rings (SSSR count). The molecule has 0 atom stereocenters. The second-order valence-electron chi connectivity index (χ2n) is 6.59. The monoisotopic (exact) mass is 413 g/mol. The molecular weight excluding hydrogens is 390 g/mol. The number of nitrogens with zero attached hydrogens (tertiary/aromatic N) is 2. The van der Waals surface area contributed by atoms with Crippen LogP contribution >= 0.6 is 11.6 Å². The summed E-state index contributed by atoms with van der Waals surface area (Å²) in [5.74, 6) is 1.44. The van der Waals surface area contributed by atoms with Crippen molar-refractivity contribution in [1.29, 1.82) is 0 Å². The van der Waals surface area contributed by atoms with E-state index in [4.69, 9.17) is 21.1 Å². The quantitative estimate of drug-likeness (QED) is 0.569. The van der Waals surface area contributed by atoms with Crippen molar-refractivity contribution in [3.8, 4) is 17.2 Å². The van der Waals surface area contributed by atoms with Gasteiger partial charge in [0.15, 0.2) is 0 Å². The summed E-state index contributed by atoms with van der Waals surface area (Å²) in [5, 5.41) is 8.14. The number of hydrogen-bond acceptors (Lipinski definition) is 4. The molecule has 1 aromatic heterocycles.